The fourth-order valence-corrected chi connectivity index (χ4v) is 0.343. The minimum atomic E-state index is 0.846. The highest BCUT2D eigenvalue weighted by molar-refractivity contribution is 5.55. The first-order chi connectivity index (χ1) is 3.89. The molecular weight excluding hydrogens is 102 g/mol. The van der Waals surface area contributed by atoms with Gasteiger partial charge in [0.25, 0.3) is 0 Å². The SMILES string of the molecule is CC1=CC=C=NN=N1. The number of allylic oxidation sites excluding steroid dienone is 3. The van der Waals surface area contributed by atoms with E-state index in [-0.39, 0.29) is 0 Å². The molecule has 0 saturated carbocycles. The molecule has 0 unspecified atom stereocenters. The lowest BCUT2D eigenvalue weighted by atomic mass is 10.4. The molecule has 0 N–H and O–H groups in total. The molecule has 1 rings (SSSR count). The summed E-state index contributed by atoms with van der Waals surface area (Å²) in [7, 11) is 0. The summed E-state index contributed by atoms with van der Waals surface area (Å²) >= 11 is 0. The van der Waals surface area contributed by atoms with Gasteiger partial charge < -0.3 is 0 Å². The Hall–Kier alpha value is -1.21. The van der Waals surface area contributed by atoms with Gasteiger partial charge in [-0.2, -0.15) is 0 Å². The van der Waals surface area contributed by atoms with Crippen LogP contribution in [0.5, 0.6) is 0 Å². The third kappa shape index (κ3) is 1.13. The van der Waals surface area contributed by atoms with Gasteiger partial charge in [0.2, 0.25) is 0 Å². The van der Waals surface area contributed by atoms with E-state index in [1.54, 1.807) is 12.2 Å². The summed E-state index contributed by atoms with van der Waals surface area (Å²) in [5.41, 5.74) is 0.846. The molecule has 0 atom stereocenters. The van der Waals surface area contributed by atoms with Crippen molar-refractivity contribution in [3.8, 4) is 0 Å². The first kappa shape index (κ1) is 4.94. The van der Waals surface area contributed by atoms with Crippen LogP contribution in [0.4, 0.5) is 0 Å². The summed E-state index contributed by atoms with van der Waals surface area (Å²) < 4.78 is 0. The number of nitrogens with zero attached hydrogens (tertiary/aromatic N) is 3. The van der Waals surface area contributed by atoms with Gasteiger partial charge in [0.15, 0.2) is 0 Å². The van der Waals surface area contributed by atoms with Crippen molar-refractivity contribution in [2.24, 2.45) is 15.4 Å². The predicted molar refractivity (Wildman–Crippen MR) is 30.6 cm³/mol. The van der Waals surface area contributed by atoms with Crippen molar-refractivity contribution in [3.63, 3.8) is 0 Å². The van der Waals surface area contributed by atoms with Gasteiger partial charge in [0, 0.05) is 11.9 Å². The maximum absolute atomic E-state index is 3.65. The zero-order valence-electron chi connectivity index (χ0n) is 4.50. The summed E-state index contributed by atoms with van der Waals surface area (Å²) in [6.45, 7) is 1.85. The van der Waals surface area contributed by atoms with Gasteiger partial charge in [-0.1, -0.05) is 5.10 Å². The van der Waals surface area contributed by atoms with Crippen molar-refractivity contribution in [1.82, 2.24) is 0 Å². The second kappa shape index (κ2) is 2.19. The van der Waals surface area contributed by atoms with Gasteiger partial charge in [0.1, 0.15) is 0 Å². The van der Waals surface area contributed by atoms with E-state index >= 15 is 0 Å². The Morgan fingerprint density at radius 2 is 2.50 bits per heavy atom. The van der Waals surface area contributed by atoms with E-state index < -0.39 is 0 Å². The Bertz CT molecular complexity index is 194. The van der Waals surface area contributed by atoms with Crippen LogP contribution in [0.2, 0.25) is 0 Å². The molecule has 0 amide bonds. The molecule has 1 aliphatic heterocycles. The number of hydrogen-bond acceptors (Lipinski definition) is 3. The quantitative estimate of drug-likeness (QED) is 0.450. The van der Waals surface area contributed by atoms with Gasteiger partial charge in [0.05, 0.1) is 5.70 Å². The van der Waals surface area contributed by atoms with Crippen molar-refractivity contribution in [2.75, 3.05) is 0 Å². The zero-order chi connectivity index (χ0) is 5.82. The van der Waals surface area contributed by atoms with Gasteiger partial charge >= 0.3 is 0 Å². The van der Waals surface area contributed by atoms with E-state index in [0.29, 0.717) is 0 Å². The molecule has 0 saturated heterocycles. The lowest BCUT2D eigenvalue weighted by Gasteiger charge is -1.77. The monoisotopic (exact) mass is 107 g/mol. The molecule has 0 spiro atoms. The van der Waals surface area contributed by atoms with Crippen LogP contribution in [0.15, 0.2) is 33.3 Å². The van der Waals surface area contributed by atoms with Gasteiger partial charge in [-0.05, 0) is 18.2 Å². The maximum atomic E-state index is 3.65. The van der Waals surface area contributed by atoms with Crippen LogP contribution in [0.1, 0.15) is 6.92 Å². The van der Waals surface area contributed by atoms with E-state index in [0.717, 1.165) is 5.70 Å². The number of rotatable bonds is 0. The first-order valence-corrected chi connectivity index (χ1v) is 2.26. The van der Waals surface area contributed by atoms with E-state index in [4.69, 9.17) is 0 Å². The van der Waals surface area contributed by atoms with Crippen LogP contribution in [0.3, 0.4) is 0 Å². The van der Waals surface area contributed by atoms with Crippen molar-refractivity contribution in [1.29, 1.82) is 0 Å². The van der Waals surface area contributed by atoms with E-state index in [9.17, 15) is 0 Å². The molecule has 0 aromatic heterocycles. The minimum absolute atomic E-state index is 0.846. The molecule has 0 radical (unpaired) electrons. The van der Waals surface area contributed by atoms with Crippen molar-refractivity contribution >= 4 is 5.87 Å². The Morgan fingerprint density at radius 3 is 3.38 bits per heavy atom. The van der Waals surface area contributed by atoms with Gasteiger partial charge in [-0.25, -0.2) is 0 Å². The lowest BCUT2D eigenvalue weighted by Crippen LogP contribution is -1.59. The smallest absolute Gasteiger partial charge is 0.0624 e. The number of hydrogen-bond donors (Lipinski definition) is 0. The highest BCUT2D eigenvalue weighted by atomic mass is 15.4. The highest BCUT2D eigenvalue weighted by Crippen LogP contribution is 1.96. The molecular formula is C5H5N3. The Labute approximate surface area is 47.1 Å². The van der Waals surface area contributed by atoms with Crippen LogP contribution >= 0.6 is 0 Å². The molecule has 40 valence electrons. The minimum Gasteiger partial charge on any atom is -0.135 e. The molecule has 3 nitrogen and oxygen atoms in total. The lowest BCUT2D eigenvalue weighted by molar-refractivity contribution is 1.02. The van der Waals surface area contributed by atoms with Crippen LogP contribution in [-0.2, 0) is 0 Å². The standard InChI is InChI=1S/C5H5N3/c1-5-3-2-4-6-8-7-5/h2-3H,1H3. The highest BCUT2D eigenvalue weighted by Gasteiger charge is 1.80. The summed E-state index contributed by atoms with van der Waals surface area (Å²) in [5, 5.41) is 10.5. The summed E-state index contributed by atoms with van der Waals surface area (Å²) in [4.78, 5) is 0. The Balaban J connectivity index is 2.90. The van der Waals surface area contributed by atoms with Crippen molar-refractivity contribution < 1.29 is 0 Å². The normalized spacial score (nSPS) is 15.9. The Kier molecular flexibility index (Phi) is 1.35. The first-order valence-electron chi connectivity index (χ1n) is 2.26. The molecule has 8 heavy (non-hydrogen) atoms. The maximum Gasteiger partial charge on any atom is 0.0624 e. The second-order valence-corrected chi connectivity index (χ2v) is 1.39. The van der Waals surface area contributed by atoms with Crippen LogP contribution in [0, 0.1) is 0 Å². The van der Waals surface area contributed by atoms with Crippen LogP contribution in [0.25, 0.3) is 0 Å². The molecule has 0 aliphatic carbocycles. The fraction of sp³-hybridized carbons (Fsp3) is 0.200. The Morgan fingerprint density at radius 1 is 1.62 bits per heavy atom. The van der Waals surface area contributed by atoms with Crippen molar-refractivity contribution in [3.05, 3.63) is 17.8 Å². The van der Waals surface area contributed by atoms with E-state index in [1.807, 2.05) is 6.92 Å². The van der Waals surface area contributed by atoms with E-state index in [2.05, 4.69) is 21.3 Å². The third-order valence-corrected chi connectivity index (χ3v) is 0.704. The molecule has 1 heterocycles. The molecule has 0 bridgehead atoms. The topological polar surface area (TPSA) is 37.1 Å². The van der Waals surface area contributed by atoms with Gasteiger partial charge in [-0.15, -0.1) is 5.11 Å². The average molecular weight is 107 g/mol. The van der Waals surface area contributed by atoms with Crippen LogP contribution in [-0.4, -0.2) is 5.87 Å². The third-order valence-electron chi connectivity index (χ3n) is 0.704. The largest absolute Gasteiger partial charge is 0.135 e. The molecule has 0 aromatic rings. The van der Waals surface area contributed by atoms with E-state index in [1.165, 1.54) is 0 Å². The fourth-order valence-electron chi connectivity index (χ4n) is 0.343. The molecule has 0 fully saturated rings. The predicted octanol–water partition coefficient (Wildman–Crippen LogP) is 1.50. The molecule has 0 aromatic carbocycles. The molecule has 1 aliphatic rings. The van der Waals surface area contributed by atoms with Crippen molar-refractivity contribution in [2.45, 2.75) is 6.92 Å². The average Bonchev–Trinajstić information content (AvgIpc) is 1.94. The summed E-state index contributed by atoms with van der Waals surface area (Å²) in [6.07, 6.45) is 3.47. The molecule has 3 heteroatoms. The van der Waals surface area contributed by atoms with Crippen LogP contribution < -0.4 is 0 Å². The second-order valence-electron chi connectivity index (χ2n) is 1.39. The van der Waals surface area contributed by atoms with Gasteiger partial charge in [-0.3, -0.25) is 0 Å². The zero-order valence-corrected chi connectivity index (χ0v) is 4.50. The summed E-state index contributed by atoms with van der Waals surface area (Å²) in [5.74, 6) is 2.54. The summed E-state index contributed by atoms with van der Waals surface area (Å²) in [6, 6.07) is 0.